The van der Waals surface area contributed by atoms with Crippen LogP contribution in [0, 0.1) is 12.8 Å². The van der Waals surface area contributed by atoms with Crippen molar-refractivity contribution in [3.05, 3.63) is 29.6 Å². The summed E-state index contributed by atoms with van der Waals surface area (Å²) in [5.41, 5.74) is 2.26. The highest BCUT2D eigenvalue weighted by atomic mass is 127. The summed E-state index contributed by atoms with van der Waals surface area (Å²) >= 11 is 2.09. The molecule has 0 spiro atoms. The molecule has 1 fully saturated rings. The Kier molecular flexibility index (Phi) is 9.27. The Morgan fingerprint density at radius 2 is 2.30 bits per heavy atom. The predicted octanol–water partition coefficient (Wildman–Crippen LogP) is 3.55. The first-order valence-electron chi connectivity index (χ1n) is 8.17. The van der Waals surface area contributed by atoms with Crippen molar-refractivity contribution < 1.29 is 0 Å². The maximum Gasteiger partial charge on any atom is 0.194 e. The quantitative estimate of drug-likeness (QED) is 0.435. The number of thioether (sulfide) groups is 1. The highest BCUT2D eigenvalue weighted by Gasteiger charge is 2.24. The second-order valence-electron chi connectivity index (χ2n) is 6.04. The van der Waals surface area contributed by atoms with Crippen molar-refractivity contribution >= 4 is 41.7 Å². The van der Waals surface area contributed by atoms with Crippen LogP contribution in [0.25, 0.3) is 0 Å². The van der Waals surface area contributed by atoms with Gasteiger partial charge in [-0.1, -0.05) is 19.9 Å². The van der Waals surface area contributed by atoms with E-state index in [1.165, 1.54) is 11.3 Å². The molecule has 2 rings (SSSR count). The van der Waals surface area contributed by atoms with Gasteiger partial charge >= 0.3 is 0 Å². The lowest BCUT2D eigenvalue weighted by atomic mass is 10.1. The second-order valence-corrected chi connectivity index (χ2v) is 7.38. The first-order valence-corrected chi connectivity index (χ1v) is 9.22. The number of aryl methyl sites for hydroxylation is 1. The molecule has 0 bridgehead atoms. The molecule has 1 saturated heterocycles. The summed E-state index contributed by atoms with van der Waals surface area (Å²) in [6, 6.07) is 4.07. The number of pyridine rings is 1. The van der Waals surface area contributed by atoms with Gasteiger partial charge in [0.25, 0.3) is 0 Å². The monoisotopic (exact) mass is 448 g/mol. The number of hydrogen-bond acceptors (Lipinski definition) is 3. The van der Waals surface area contributed by atoms with Gasteiger partial charge in [0.1, 0.15) is 0 Å². The maximum atomic E-state index is 4.82. The number of nitrogens with one attached hydrogen (secondary N) is 1. The molecule has 0 radical (unpaired) electrons. The average Bonchev–Trinajstić information content (AvgIpc) is 2.53. The third-order valence-electron chi connectivity index (χ3n) is 3.97. The normalized spacial score (nSPS) is 18.7. The van der Waals surface area contributed by atoms with Crippen molar-refractivity contribution in [2.75, 3.05) is 25.4 Å². The number of aromatic nitrogens is 1. The van der Waals surface area contributed by atoms with Gasteiger partial charge in [0.15, 0.2) is 5.96 Å². The fourth-order valence-electron chi connectivity index (χ4n) is 2.53. The molecule has 130 valence electrons. The average molecular weight is 448 g/mol. The third-order valence-corrected chi connectivity index (χ3v) is 5.51. The molecule has 0 aliphatic carbocycles. The summed E-state index contributed by atoms with van der Waals surface area (Å²) < 4.78 is 0. The van der Waals surface area contributed by atoms with E-state index in [1.807, 2.05) is 12.3 Å². The number of nitrogens with zero attached hydrogens (tertiary/aromatic N) is 3. The fraction of sp³-hybridized carbons (Fsp3) is 0.647. The molecule has 1 unspecified atom stereocenters. The summed E-state index contributed by atoms with van der Waals surface area (Å²) in [6.45, 7) is 12.5. The molecule has 0 saturated carbocycles. The first kappa shape index (κ1) is 20.5. The first-order chi connectivity index (χ1) is 10.6. The molecule has 6 heteroatoms. The SMILES string of the molecule is CCNC(=NCc1ncccc1C)N1CCSC(C(C)C)C1.I. The van der Waals surface area contributed by atoms with Crippen molar-refractivity contribution in [3.63, 3.8) is 0 Å². The highest BCUT2D eigenvalue weighted by molar-refractivity contribution is 14.0. The molecule has 1 N–H and O–H groups in total. The van der Waals surface area contributed by atoms with E-state index in [0.717, 1.165) is 31.3 Å². The summed E-state index contributed by atoms with van der Waals surface area (Å²) in [7, 11) is 0. The van der Waals surface area contributed by atoms with Crippen LogP contribution in [0.1, 0.15) is 32.0 Å². The number of halogens is 1. The molecule has 0 amide bonds. The predicted molar refractivity (Wildman–Crippen MR) is 112 cm³/mol. The molecule has 1 aromatic heterocycles. The van der Waals surface area contributed by atoms with E-state index in [2.05, 4.69) is 60.7 Å². The van der Waals surface area contributed by atoms with Crippen LogP contribution >= 0.6 is 35.7 Å². The van der Waals surface area contributed by atoms with Gasteiger partial charge in [-0.15, -0.1) is 24.0 Å². The van der Waals surface area contributed by atoms with Crippen molar-refractivity contribution in [2.45, 2.75) is 39.5 Å². The van der Waals surface area contributed by atoms with Crippen LogP contribution in [0.3, 0.4) is 0 Å². The van der Waals surface area contributed by atoms with E-state index in [-0.39, 0.29) is 24.0 Å². The summed E-state index contributed by atoms with van der Waals surface area (Å²) in [5.74, 6) is 2.91. The summed E-state index contributed by atoms with van der Waals surface area (Å²) in [6.07, 6.45) is 1.84. The Balaban J connectivity index is 0.00000264. The zero-order valence-corrected chi connectivity index (χ0v) is 17.7. The Morgan fingerprint density at radius 1 is 1.52 bits per heavy atom. The standard InChI is InChI=1S/C17H28N4S.HI/c1-5-18-17(20-11-15-14(4)7-6-8-19-15)21-9-10-22-16(12-21)13(2)3;/h6-8,13,16H,5,9-12H2,1-4H3,(H,18,20);1H. The lowest BCUT2D eigenvalue weighted by Gasteiger charge is -2.36. The molecule has 1 aliphatic heterocycles. The van der Waals surface area contributed by atoms with Crippen LogP contribution in [0.5, 0.6) is 0 Å². The van der Waals surface area contributed by atoms with E-state index in [0.29, 0.717) is 17.7 Å². The topological polar surface area (TPSA) is 40.5 Å². The van der Waals surface area contributed by atoms with Gasteiger partial charge in [-0.3, -0.25) is 4.98 Å². The van der Waals surface area contributed by atoms with Gasteiger partial charge in [-0.05, 0) is 31.4 Å². The van der Waals surface area contributed by atoms with Crippen molar-refractivity contribution in [1.82, 2.24) is 15.2 Å². The number of guanidine groups is 1. The molecule has 1 aliphatic rings. The minimum Gasteiger partial charge on any atom is -0.357 e. The fourth-order valence-corrected chi connectivity index (χ4v) is 3.83. The minimum absolute atomic E-state index is 0. The smallest absolute Gasteiger partial charge is 0.194 e. The Labute approximate surface area is 161 Å². The number of rotatable bonds is 4. The van der Waals surface area contributed by atoms with Crippen molar-refractivity contribution in [3.8, 4) is 0 Å². The minimum atomic E-state index is 0. The van der Waals surface area contributed by atoms with Crippen molar-refractivity contribution in [1.29, 1.82) is 0 Å². The molecule has 0 aromatic carbocycles. The molecule has 4 nitrogen and oxygen atoms in total. The van der Waals surface area contributed by atoms with Crippen molar-refractivity contribution in [2.24, 2.45) is 10.9 Å². The van der Waals surface area contributed by atoms with Gasteiger partial charge in [0, 0.05) is 36.8 Å². The Bertz CT molecular complexity index is 507. The van der Waals surface area contributed by atoms with Crippen LogP contribution in [-0.4, -0.2) is 46.5 Å². The van der Waals surface area contributed by atoms with Crippen LogP contribution in [-0.2, 0) is 6.54 Å². The lowest BCUT2D eigenvalue weighted by molar-refractivity contribution is 0.380. The van der Waals surface area contributed by atoms with Gasteiger partial charge in [0.05, 0.1) is 12.2 Å². The summed E-state index contributed by atoms with van der Waals surface area (Å²) in [5, 5.41) is 4.13. The molecular formula is C17H29IN4S. The maximum absolute atomic E-state index is 4.82. The molecular weight excluding hydrogens is 419 g/mol. The van der Waals surface area contributed by atoms with Crippen LogP contribution < -0.4 is 5.32 Å². The zero-order chi connectivity index (χ0) is 15.9. The van der Waals surface area contributed by atoms with Gasteiger partial charge in [-0.2, -0.15) is 11.8 Å². The molecule has 2 heterocycles. The van der Waals surface area contributed by atoms with E-state index in [4.69, 9.17) is 4.99 Å². The highest BCUT2D eigenvalue weighted by Crippen LogP contribution is 2.24. The van der Waals surface area contributed by atoms with Crippen LogP contribution in [0.15, 0.2) is 23.3 Å². The Hall–Kier alpha value is -0.500. The molecule has 1 aromatic rings. The van der Waals surface area contributed by atoms with Crippen LogP contribution in [0.4, 0.5) is 0 Å². The Morgan fingerprint density at radius 3 is 2.96 bits per heavy atom. The van der Waals surface area contributed by atoms with Gasteiger partial charge < -0.3 is 10.2 Å². The van der Waals surface area contributed by atoms with E-state index in [9.17, 15) is 0 Å². The van der Waals surface area contributed by atoms with Gasteiger partial charge in [-0.25, -0.2) is 4.99 Å². The zero-order valence-electron chi connectivity index (χ0n) is 14.6. The van der Waals surface area contributed by atoms with E-state index in [1.54, 1.807) is 0 Å². The second kappa shape index (κ2) is 10.4. The van der Waals surface area contributed by atoms with Gasteiger partial charge in [0.2, 0.25) is 0 Å². The van der Waals surface area contributed by atoms with E-state index >= 15 is 0 Å². The summed E-state index contributed by atoms with van der Waals surface area (Å²) in [4.78, 5) is 11.7. The molecule has 23 heavy (non-hydrogen) atoms. The number of aliphatic imine (C=N–C) groups is 1. The molecule has 1 atom stereocenters. The number of hydrogen-bond donors (Lipinski definition) is 1. The van der Waals surface area contributed by atoms with E-state index < -0.39 is 0 Å². The lowest BCUT2D eigenvalue weighted by Crippen LogP contribution is -2.49. The largest absolute Gasteiger partial charge is 0.357 e. The third kappa shape index (κ3) is 6.14. The van der Waals surface area contributed by atoms with Crippen LogP contribution in [0.2, 0.25) is 0 Å².